The highest BCUT2D eigenvalue weighted by atomic mass is 19.4. The molecule has 0 fully saturated rings. The van der Waals surface area contributed by atoms with Crippen LogP contribution in [0.3, 0.4) is 0 Å². The average molecular weight is 378 g/mol. The van der Waals surface area contributed by atoms with Gasteiger partial charge >= 0.3 is 6.18 Å². The maximum Gasteiger partial charge on any atom is 0.416 e. The summed E-state index contributed by atoms with van der Waals surface area (Å²) in [7, 11) is 1.49. The number of carbonyl (C=O) groups excluding carboxylic acids is 2. The fraction of sp³-hybridized carbons (Fsp3) is 0.263. The fourth-order valence-corrected chi connectivity index (χ4v) is 3.06. The van der Waals surface area contributed by atoms with E-state index in [9.17, 15) is 22.8 Å². The molecule has 27 heavy (non-hydrogen) atoms. The van der Waals surface area contributed by atoms with Crippen LogP contribution in [-0.4, -0.2) is 25.5 Å². The van der Waals surface area contributed by atoms with E-state index in [0.29, 0.717) is 11.3 Å². The summed E-state index contributed by atoms with van der Waals surface area (Å²) in [5, 5.41) is 2.47. The first-order chi connectivity index (χ1) is 12.8. The first kappa shape index (κ1) is 18.8. The monoisotopic (exact) mass is 378 g/mol. The van der Waals surface area contributed by atoms with Gasteiger partial charge in [0.2, 0.25) is 11.8 Å². The van der Waals surface area contributed by atoms with Crippen LogP contribution < -0.4 is 15.0 Å². The summed E-state index contributed by atoms with van der Waals surface area (Å²) in [5.41, 5.74) is -0.269. The van der Waals surface area contributed by atoms with E-state index >= 15 is 0 Å². The van der Waals surface area contributed by atoms with E-state index in [1.54, 1.807) is 31.2 Å². The molecule has 0 saturated heterocycles. The minimum atomic E-state index is -4.55. The first-order valence-electron chi connectivity index (χ1n) is 8.23. The van der Waals surface area contributed by atoms with Gasteiger partial charge in [0.1, 0.15) is 11.7 Å². The Hall–Kier alpha value is -3.03. The third kappa shape index (κ3) is 3.47. The van der Waals surface area contributed by atoms with Crippen LogP contribution in [-0.2, 0) is 15.8 Å². The molecule has 0 radical (unpaired) electrons. The quantitative estimate of drug-likeness (QED) is 0.827. The molecule has 1 heterocycles. The van der Waals surface area contributed by atoms with E-state index in [1.165, 1.54) is 18.1 Å². The number of carbonyl (C=O) groups is 2. The number of hydrogen-bond acceptors (Lipinski definition) is 3. The SMILES string of the molecule is CCN1C(=O)C(c2ccc(OC)cc2)C(=O)Nc2cc(C(F)(F)F)ccc21. The van der Waals surface area contributed by atoms with Gasteiger partial charge in [0, 0.05) is 6.54 Å². The van der Waals surface area contributed by atoms with Crippen molar-refractivity contribution in [2.75, 3.05) is 23.9 Å². The molecule has 8 heteroatoms. The van der Waals surface area contributed by atoms with Gasteiger partial charge < -0.3 is 15.0 Å². The molecule has 0 bridgehead atoms. The minimum Gasteiger partial charge on any atom is -0.497 e. The Kier molecular flexibility index (Phi) is 4.82. The van der Waals surface area contributed by atoms with E-state index in [2.05, 4.69) is 5.32 Å². The Morgan fingerprint density at radius 1 is 1.11 bits per heavy atom. The van der Waals surface area contributed by atoms with E-state index < -0.39 is 29.5 Å². The summed E-state index contributed by atoms with van der Waals surface area (Å²) in [4.78, 5) is 27.0. The van der Waals surface area contributed by atoms with Crippen molar-refractivity contribution >= 4 is 23.2 Å². The smallest absolute Gasteiger partial charge is 0.416 e. The Morgan fingerprint density at radius 3 is 2.33 bits per heavy atom. The molecule has 1 aliphatic heterocycles. The molecule has 2 amide bonds. The van der Waals surface area contributed by atoms with E-state index in [0.717, 1.165) is 12.1 Å². The lowest BCUT2D eigenvalue weighted by Crippen LogP contribution is -2.37. The van der Waals surface area contributed by atoms with Gasteiger partial charge in [-0.05, 0) is 42.8 Å². The summed E-state index contributed by atoms with van der Waals surface area (Å²) in [5.74, 6) is -1.79. The van der Waals surface area contributed by atoms with E-state index in [1.807, 2.05) is 0 Å². The lowest BCUT2D eigenvalue weighted by molar-refractivity contribution is -0.137. The van der Waals surface area contributed by atoms with Crippen LogP contribution in [0.4, 0.5) is 24.5 Å². The highest BCUT2D eigenvalue weighted by molar-refractivity contribution is 6.20. The maximum atomic E-state index is 13.0. The predicted molar refractivity (Wildman–Crippen MR) is 93.8 cm³/mol. The van der Waals surface area contributed by atoms with Gasteiger partial charge in [0.05, 0.1) is 24.0 Å². The number of anilines is 2. The van der Waals surface area contributed by atoms with Crippen molar-refractivity contribution in [1.82, 2.24) is 0 Å². The van der Waals surface area contributed by atoms with Crippen LogP contribution in [0.1, 0.15) is 24.0 Å². The second-order valence-electron chi connectivity index (χ2n) is 6.01. The zero-order chi connectivity index (χ0) is 19.8. The minimum absolute atomic E-state index is 0.0407. The molecular formula is C19H17F3N2O3. The Bertz CT molecular complexity index is 879. The zero-order valence-electron chi connectivity index (χ0n) is 14.6. The Morgan fingerprint density at radius 2 is 1.78 bits per heavy atom. The number of rotatable bonds is 3. The fourth-order valence-electron chi connectivity index (χ4n) is 3.06. The number of halogens is 3. The number of ether oxygens (including phenoxy) is 1. The third-order valence-corrected chi connectivity index (χ3v) is 4.41. The summed E-state index contributed by atoms with van der Waals surface area (Å²) < 4.78 is 44.1. The van der Waals surface area contributed by atoms with Crippen molar-refractivity contribution in [2.45, 2.75) is 19.0 Å². The van der Waals surface area contributed by atoms with E-state index in [4.69, 9.17) is 4.74 Å². The number of fused-ring (bicyclic) bond motifs is 1. The van der Waals surface area contributed by atoms with Crippen LogP contribution in [0.2, 0.25) is 0 Å². The number of alkyl halides is 3. The predicted octanol–water partition coefficient (Wildman–Crippen LogP) is 3.80. The van der Waals surface area contributed by atoms with Crippen molar-refractivity contribution < 1.29 is 27.5 Å². The molecule has 1 unspecified atom stereocenters. The second kappa shape index (κ2) is 6.94. The largest absolute Gasteiger partial charge is 0.497 e. The van der Waals surface area contributed by atoms with Crippen LogP contribution in [0.25, 0.3) is 0 Å². The van der Waals surface area contributed by atoms with Crippen LogP contribution >= 0.6 is 0 Å². The number of benzene rings is 2. The third-order valence-electron chi connectivity index (χ3n) is 4.41. The molecule has 142 valence electrons. The van der Waals surface area contributed by atoms with Crippen LogP contribution in [0, 0.1) is 0 Å². The molecule has 1 N–H and O–H groups in total. The van der Waals surface area contributed by atoms with Crippen molar-refractivity contribution in [3.05, 3.63) is 53.6 Å². The number of likely N-dealkylation sites (N-methyl/N-ethyl adjacent to an activating group) is 1. The van der Waals surface area contributed by atoms with Gasteiger partial charge in [-0.15, -0.1) is 0 Å². The average Bonchev–Trinajstić information content (AvgIpc) is 2.73. The van der Waals surface area contributed by atoms with Crippen molar-refractivity contribution in [3.63, 3.8) is 0 Å². The van der Waals surface area contributed by atoms with Crippen LogP contribution in [0.5, 0.6) is 5.75 Å². The van der Waals surface area contributed by atoms with Gasteiger partial charge in [0.25, 0.3) is 0 Å². The van der Waals surface area contributed by atoms with Crippen molar-refractivity contribution in [1.29, 1.82) is 0 Å². The Balaban J connectivity index is 2.06. The first-order valence-corrected chi connectivity index (χ1v) is 8.23. The number of amides is 2. The summed E-state index contributed by atoms with van der Waals surface area (Å²) in [6.07, 6.45) is -4.55. The van der Waals surface area contributed by atoms with Gasteiger partial charge in [-0.25, -0.2) is 0 Å². The molecule has 3 rings (SSSR count). The molecule has 0 saturated carbocycles. The number of hydrogen-bond donors (Lipinski definition) is 1. The number of methoxy groups -OCH3 is 1. The van der Waals surface area contributed by atoms with E-state index in [-0.39, 0.29) is 17.9 Å². The molecule has 0 spiro atoms. The number of nitrogens with one attached hydrogen (secondary N) is 1. The second-order valence-corrected chi connectivity index (χ2v) is 6.01. The van der Waals surface area contributed by atoms with Gasteiger partial charge in [-0.1, -0.05) is 12.1 Å². The zero-order valence-corrected chi connectivity index (χ0v) is 14.6. The Labute approximate surface area is 153 Å². The maximum absolute atomic E-state index is 13.0. The molecule has 2 aromatic rings. The molecular weight excluding hydrogens is 361 g/mol. The van der Waals surface area contributed by atoms with Gasteiger partial charge in [-0.3, -0.25) is 9.59 Å². The molecule has 0 aromatic heterocycles. The topological polar surface area (TPSA) is 58.6 Å². The normalized spacial score (nSPS) is 17.2. The molecule has 1 atom stereocenters. The van der Waals surface area contributed by atoms with Crippen LogP contribution in [0.15, 0.2) is 42.5 Å². The lowest BCUT2D eigenvalue weighted by atomic mass is 9.96. The van der Waals surface area contributed by atoms with Gasteiger partial charge in [0.15, 0.2) is 0 Å². The summed E-state index contributed by atoms with van der Waals surface area (Å²) in [6, 6.07) is 9.36. The van der Waals surface area contributed by atoms with Gasteiger partial charge in [-0.2, -0.15) is 13.2 Å². The molecule has 1 aliphatic rings. The standard InChI is InChI=1S/C19H17F3N2O3/c1-3-24-15-9-6-12(19(20,21)22)10-14(15)23-17(25)16(18(24)26)11-4-7-13(27-2)8-5-11/h4-10,16H,3H2,1-2H3,(H,23,25). The summed E-state index contributed by atoms with van der Waals surface area (Å²) in [6.45, 7) is 1.90. The molecule has 0 aliphatic carbocycles. The lowest BCUT2D eigenvalue weighted by Gasteiger charge is -2.23. The molecule has 5 nitrogen and oxygen atoms in total. The number of nitrogens with zero attached hydrogens (tertiary/aromatic N) is 1. The highest BCUT2D eigenvalue weighted by Gasteiger charge is 2.38. The van der Waals surface area contributed by atoms with Crippen molar-refractivity contribution in [2.24, 2.45) is 0 Å². The molecule has 2 aromatic carbocycles. The highest BCUT2D eigenvalue weighted by Crippen LogP contribution is 2.38. The van der Waals surface area contributed by atoms with Crippen molar-refractivity contribution in [3.8, 4) is 5.75 Å². The summed E-state index contributed by atoms with van der Waals surface area (Å²) >= 11 is 0.